The second kappa shape index (κ2) is 11.3. The van der Waals surface area contributed by atoms with Crippen LogP contribution in [0.15, 0.2) is 180 Å². The first-order valence-corrected chi connectivity index (χ1v) is 17.1. The maximum absolute atomic E-state index is 14.6. The lowest BCUT2D eigenvalue weighted by Crippen LogP contribution is -2.29. The van der Waals surface area contributed by atoms with E-state index in [0.29, 0.717) is 0 Å². The zero-order valence-corrected chi connectivity index (χ0v) is 27.4. The normalized spacial score (nSPS) is 13.1. The van der Waals surface area contributed by atoms with Gasteiger partial charge >= 0.3 is 0 Å². The van der Waals surface area contributed by atoms with Crippen LogP contribution in [0.4, 0.5) is 25.8 Å². The number of para-hydroxylation sites is 3. The largest absolute Gasteiger partial charge is 0.454 e. The van der Waals surface area contributed by atoms with Crippen molar-refractivity contribution in [1.29, 1.82) is 0 Å². The summed E-state index contributed by atoms with van der Waals surface area (Å²) in [6, 6.07) is 57.6. The molecule has 0 fully saturated rings. The summed E-state index contributed by atoms with van der Waals surface area (Å²) < 4.78 is 35.9. The van der Waals surface area contributed by atoms with E-state index in [1.807, 2.05) is 60.7 Å². The molecule has 0 unspecified atom stereocenters. The van der Waals surface area contributed by atoms with Crippen molar-refractivity contribution < 1.29 is 13.2 Å². The van der Waals surface area contributed by atoms with Gasteiger partial charge in [-0.2, -0.15) is 0 Å². The summed E-state index contributed by atoms with van der Waals surface area (Å²) in [5, 5.41) is 4.35. The van der Waals surface area contributed by atoms with Gasteiger partial charge in [0.05, 0.1) is 11.1 Å². The van der Waals surface area contributed by atoms with Crippen molar-refractivity contribution >= 4 is 49.8 Å². The molecule has 2 nitrogen and oxygen atoms in total. The molecular weight excluding hydrogens is 633 g/mol. The summed E-state index contributed by atoms with van der Waals surface area (Å²) in [4.78, 5) is 2.24. The van der Waals surface area contributed by atoms with Crippen molar-refractivity contribution in [2.75, 3.05) is 4.90 Å². The van der Waals surface area contributed by atoms with Crippen molar-refractivity contribution in [1.82, 2.24) is 0 Å². The highest BCUT2D eigenvalue weighted by molar-refractivity contribution is 6.10. The summed E-state index contributed by atoms with van der Waals surface area (Å²) >= 11 is 0. The van der Waals surface area contributed by atoms with E-state index in [-0.39, 0.29) is 11.6 Å². The van der Waals surface area contributed by atoms with E-state index in [9.17, 15) is 8.78 Å². The Balaban J connectivity index is 1.32. The van der Waals surface area contributed by atoms with Crippen LogP contribution < -0.4 is 4.90 Å². The minimum atomic E-state index is -0.875. The molecule has 0 amide bonds. The minimum absolute atomic E-state index is 0.312. The van der Waals surface area contributed by atoms with Crippen molar-refractivity contribution in [2.45, 2.75) is 5.41 Å². The van der Waals surface area contributed by atoms with E-state index in [1.54, 1.807) is 0 Å². The highest BCUT2D eigenvalue weighted by Crippen LogP contribution is 2.59. The average molecular weight is 662 g/mol. The molecular formula is C47H29F2NO. The maximum atomic E-state index is 14.6. The number of anilines is 3. The Hall–Kier alpha value is -6.52. The first kappa shape index (κ1) is 29.4. The predicted molar refractivity (Wildman–Crippen MR) is 203 cm³/mol. The van der Waals surface area contributed by atoms with E-state index in [1.165, 1.54) is 24.3 Å². The molecule has 0 atom stereocenters. The molecule has 4 heteroatoms. The third-order valence-electron chi connectivity index (χ3n) is 10.5. The number of furan rings is 1. The number of hydrogen-bond acceptors (Lipinski definition) is 2. The second-order valence-electron chi connectivity index (χ2n) is 13.1. The predicted octanol–water partition coefficient (Wildman–Crippen LogP) is 12.9. The molecule has 0 aliphatic heterocycles. The van der Waals surface area contributed by atoms with E-state index < -0.39 is 5.41 Å². The Labute approximate surface area is 293 Å². The smallest absolute Gasteiger partial charge is 0.159 e. The van der Waals surface area contributed by atoms with Crippen LogP contribution in [0.3, 0.4) is 0 Å². The molecule has 9 aromatic rings. The van der Waals surface area contributed by atoms with Gasteiger partial charge in [-0.3, -0.25) is 0 Å². The Morgan fingerprint density at radius 3 is 1.86 bits per heavy atom. The Kier molecular flexibility index (Phi) is 6.49. The van der Waals surface area contributed by atoms with Gasteiger partial charge in [-0.05, 0) is 105 Å². The van der Waals surface area contributed by atoms with Crippen LogP contribution in [0.25, 0.3) is 43.8 Å². The second-order valence-corrected chi connectivity index (χ2v) is 13.1. The number of benzene rings is 8. The first-order valence-electron chi connectivity index (χ1n) is 17.1. The van der Waals surface area contributed by atoms with Gasteiger partial charge < -0.3 is 9.32 Å². The minimum Gasteiger partial charge on any atom is -0.454 e. The van der Waals surface area contributed by atoms with Crippen LogP contribution in [0.5, 0.6) is 0 Å². The Morgan fingerprint density at radius 1 is 0.471 bits per heavy atom. The van der Waals surface area contributed by atoms with Gasteiger partial charge in [0.25, 0.3) is 0 Å². The molecule has 0 saturated heterocycles. The zero-order chi connectivity index (χ0) is 34.1. The Morgan fingerprint density at radius 2 is 1.12 bits per heavy atom. The highest BCUT2D eigenvalue weighted by Gasteiger charge is 2.47. The standard InChI is InChI=1S/C47H29F2NO/c48-33-22-18-31(19-23-33)47(32-20-24-34(49)25-21-32)41-28-17-30-9-4-5-12-37(30)45(41)40-27-26-36(29-42(40)47)50(35-10-2-1-3-11-35)43-15-8-14-39-38-13-6-7-16-44(38)51-46(39)43/h1-29H. The third kappa shape index (κ3) is 4.33. The molecule has 0 saturated carbocycles. The lowest BCUT2D eigenvalue weighted by Gasteiger charge is -2.35. The van der Waals surface area contributed by atoms with Gasteiger partial charge in [0.1, 0.15) is 17.2 Å². The molecule has 8 aromatic carbocycles. The van der Waals surface area contributed by atoms with Crippen LogP contribution in [-0.4, -0.2) is 0 Å². The number of hydrogen-bond donors (Lipinski definition) is 0. The van der Waals surface area contributed by atoms with E-state index in [2.05, 4.69) is 95.9 Å². The van der Waals surface area contributed by atoms with Crippen LogP contribution in [-0.2, 0) is 5.41 Å². The van der Waals surface area contributed by atoms with Crippen molar-refractivity contribution in [3.8, 4) is 11.1 Å². The van der Waals surface area contributed by atoms with Crippen LogP contribution in [0, 0.1) is 11.6 Å². The van der Waals surface area contributed by atoms with Crippen LogP contribution in [0.2, 0.25) is 0 Å². The van der Waals surface area contributed by atoms with Gasteiger partial charge in [-0.15, -0.1) is 0 Å². The van der Waals surface area contributed by atoms with E-state index in [4.69, 9.17) is 4.42 Å². The summed E-state index contributed by atoms with van der Waals surface area (Å²) in [6.45, 7) is 0. The fraction of sp³-hybridized carbons (Fsp3) is 0.0213. The molecule has 0 N–H and O–H groups in total. The molecule has 1 aliphatic rings. The van der Waals surface area contributed by atoms with Crippen molar-refractivity contribution in [3.63, 3.8) is 0 Å². The van der Waals surface area contributed by atoms with Gasteiger partial charge in [-0.1, -0.05) is 115 Å². The van der Waals surface area contributed by atoms with E-state index >= 15 is 0 Å². The number of fused-ring (bicyclic) bond motifs is 8. The molecule has 1 aliphatic carbocycles. The first-order chi connectivity index (χ1) is 25.1. The molecule has 51 heavy (non-hydrogen) atoms. The number of rotatable bonds is 5. The van der Waals surface area contributed by atoms with Gasteiger partial charge in [0.15, 0.2) is 5.58 Å². The number of nitrogens with zero attached hydrogens (tertiary/aromatic N) is 1. The highest BCUT2D eigenvalue weighted by atomic mass is 19.1. The Bertz CT molecular complexity index is 2720. The van der Waals surface area contributed by atoms with E-state index in [0.717, 1.165) is 83.2 Å². The maximum Gasteiger partial charge on any atom is 0.159 e. The number of halogens is 2. The van der Waals surface area contributed by atoms with Gasteiger partial charge in [-0.25, -0.2) is 8.78 Å². The summed E-state index contributed by atoms with van der Waals surface area (Å²) in [6.07, 6.45) is 0. The van der Waals surface area contributed by atoms with Crippen LogP contribution >= 0.6 is 0 Å². The molecule has 242 valence electrons. The molecule has 0 bridgehead atoms. The summed E-state index contributed by atoms with van der Waals surface area (Å²) in [7, 11) is 0. The molecule has 1 heterocycles. The zero-order valence-electron chi connectivity index (χ0n) is 27.4. The summed E-state index contributed by atoms with van der Waals surface area (Å²) in [5.74, 6) is -0.624. The fourth-order valence-electron chi connectivity index (χ4n) is 8.32. The monoisotopic (exact) mass is 661 g/mol. The van der Waals surface area contributed by atoms with Crippen molar-refractivity contribution in [2.24, 2.45) is 0 Å². The lowest BCUT2D eigenvalue weighted by molar-refractivity contribution is 0.622. The lowest BCUT2D eigenvalue weighted by atomic mass is 9.67. The van der Waals surface area contributed by atoms with Gasteiger partial charge in [0.2, 0.25) is 0 Å². The van der Waals surface area contributed by atoms with Gasteiger partial charge in [0, 0.05) is 22.1 Å². The third-order valence-corrected chi connectivity index (χ3v) is 10.5. The fourth-order valence-corrected chi connectivity index (χ4v) is 8.32. The van der Waals surface area contributed by atoms with Crippen molar-refractivity contribution in [3.05, 3.63) is 210 Å². The topological polar surface area (TPSA) is 16.4 Å². The SMILES string of the molecule is Fc1ccc(C2(c3ccc(F)cc3)c3cc(N(c4ccccc4)c4cccc5c4oc4ccccc45)ccc3-c3c2ccc2ccccc32)cc1. The summed E-state index contributed by atoms with van der Waals surface area (Å²) in [5.41, 5.74) is 9.64. The molecule has 0 spiro atoms. The molecule has 0 radical (unpaired) electrons. The molecule has 10 rings (SSSR count). The van der Waals surface area contributed by atoms with Crippen LogP contribution in [0.1, 0.15) is 22.3 Å². The average Bonchev–Trinajstić information content (AvgIpc) is 3.71. The molecule has 1 aromatic heterocycles. The quantitative estimate of drug-likeness (QED) is 0.183.